The van der Waals surface area contributed by atoms with Crippen molar-refractivity contribution in [3.63, 3.8) is 0 Å². The van der Waals surface area contributed by atoms with Gasteiger partial charge in [-0.25, -0.2) is 9.97 Å². The van der Waals surface area contributed by atoms with Crippen molar-refractivity contribution in [2.24, 2.45) is 5.92 Å². The molecule has 1 aromatic rings. The van der Waals surface area contributed by atoms with Gasteiger partial charge in [-0.1, -0.05) is 19.3 Å². The number of halogens is 1. The van der Waals surface area contributed by atoms with Crippen LogP contribution in [0.1, 0.15) is 39.0 Å². The summed E-state index contributed by atoms with van der Waals surface area (Å²) in [6.07, 6.45) is 10.4. The Kier molecular flexibility index (Phi) is 4.37. The fourth-order valence-electron chi connectivity index (χ4n) is 2.39. The van der Waals surface area contributed by atoms with Gasteiger partial charge in [-0.2, -0.15) is 0 Å². The van der Waals surface area contributed by atoms with Gasteiger partial charge in [0.05, 0.1) is 3.57 Å². The molecule has 1 N–H and O–H groups in total. The summed E-state index contributed by atoms with van der Waals surface area (Å²) in [4.78, 5) is 8.29. The lowest BCUT2D eigenvalue weighted by atomic mass is 9.84. The van der Waals surface area contributed by atoms with Crippen LogP contribution in [0.3, 0.4) is 0 Å². The van der Waals surface area contributed by atoms with Gasteiger partial charge in [-0.05, 0) is 48.3 Å². The largest absolute Gasteiger partial charge is 0.366 e. The first kappa shape index (κ1) is 12.1. The lowest BCUT2D eigenvalue weighted by Gasteiger charge is -2.28. The van der Waals surface area contributed by atoms with E-state index in [-0.39, 0.29) is 0 Å². The highest BCUT2D eigenvalue weighted by Crippen LogP contribution is 2.28. The third-order valence-electron chi connectivity index (χ3n) is 3.39. The number of nitrogens with one attached hydrogen (secondary N) is 1. The third-order valence-corrected chi connectivity index (χ3v) is 4.18. The fraction of sp³-hybridized carbons (Fsp3) is 0.667. The van der Waals surface area contributed by atoms with Crippen LogP contribution in [0.5, 0.6) is 0 Å². The monoisotopic (exact) mass is 331 g/mol. The highest BCUT2D eigenvalue weighted by Gasteiger charge is 2.20. The van der Waals surface area contributed by atoms with Crippen molar-refractivity contribution in [3.8, 4) is 0 Å². The first-order valence-electron chi connectivity index (χ1n) is 5.99. The van der Waals surface area contributed by atoms with Crippen LogP contribution in [0.25, 0.3) is 0 Å². The Morgan fingerprint density at radius 2 is 2.12 bits per heavy atom. The van der Waals surface area contributed by atoms with Crippen molar-refractivity contribution < 1.29 is 0 Å². The number of anilines is 1. The minimum atomic E-state index is 0.517. The Labute approximate surface area is 111 Å². The summed E-state index contributed by atoms with van der Waals surface area (Å²) in [7, 11) is 0. The van der Waals surface area contributed by atoms with Gasteiger partial charge in [0.25, 0.3) is 0 Å². The lowest BCUT2D eigenvalue weighted by molar-refractivity contribution is 0.328. The van der Waals surface area contributed by atoms with Crippen molar-refractivity contribution in [1.82, 2.24) is 9.97 Å². The average Bonchev–Trinajstić information content (AvgIpc) is 2.33. The quantitative estimate of drug-likeness (QED) is 0.862. The maximum Gasteiger partial charge on any atom is 0.143 e. The minimum absolute atomic E-state index is 0.517. The van der Waals surface area contributed by atoms with Crippen LogP contribution in [0.2, 0.25) is 0 Å². The molecule has 1 heterocycles. The van der Waals surface area contributed by atoms with E-state index < -0.39 is 0 Å². The van der Waals surface area contributed by atoms with Crippen LogP contribution in [0.4, 0.5) is 5.82 Å². The first-order valence-corrected chi connectivity index (χ1v) is 7.07. The molecule has 0 spiro atoms. The molecule has 2 rings (SSSR count). The van der Waals surface area contributed by atoms with Crippen LogP contribution in [0, 0.1) is 9.49 Å². The van der Waals surface area contributed by atoms with E-state index in [4.69, 9.17) is 0 Å². The van der Waals surface area contributed by atoms with Gasteiger partial charge in [-0.3, -0.25) is 0 Å². The zero-order valence-corrected chi connectivity index (χ0v) is 11.8. The van der Waals surface area contributed by atoms with E-state index >= 15 is 0 Å². The Bertz CT molecular complexity index is 337. The van der Waals surface area contributed by atoms with Crippen LogP contribution in [-0.2, 0) is 0 Å². The molecule has 1 saturated carbocycles. The van der Waals surface area contributed by atoms with E-state index in [1.54, 1.807) is 6.33 Å². The molecule has 0 aliphatic heterocycles. The lowest BCUT2D eigenvalue weighted by Crippen LogP contribution is -2.28. The van der Waals surface area contributed by atoms with Gasteiger partial charge in [0, 0.05) is 12.2 Å². The molecule has 0 aromatic carbocycles. The Morgan fingerprint density at radius 1 is 1.38 bits per heavy atom. The maximum absolute atomic E-state index is 4.28. The molecule has 3 nitrogen and oxygen atoms in total. The summed E-state index contributed by atoms with van der Waals surface area (Å²) < 4.78 is 1.10. The van der Waals surface area contributed by atoms with Crippen LogP contribution in [0.15, 0.2) is 12.5 Å². The van der Waals surface area contributed by atoms with E-state index in [1.165, 1.54) is 32.1 Å². The van der Waals surface area contributed by atoms with E-state index in [2.05, 4.69) is 44.8 Å². The fourth-order valence-corrected chi connectivity index (χ4v) is 2.84. The zero-order valence-electron chi connectivity index (χ0n) is 9.62. The molecule has 0 saturated heterocycles. The second kappa shape index (κ2) is 5.80. The molecule has 88 valence electrons. The van der Waals surface area contributed by atoms with E-state index in [9.17, 15) is 0 Å². The molecule has 1 fully saturated rings. The van der Waals surface area contributed by atoms with Crippen LogP contribution < -0.4 is 5.32 Å². The molecule has 1 atom stereocenters. The Hall–Kier alpha value is -0.390. The van der Waals surface area contributed by atoms with Crippen LogP contribution >= 0.6 is 22.6 Å². The molecule has 0 amide bonds. The molecular weight excluding hydrogens is 313 g/mol. The summed E-state index contributed by atoms with van der Waals surface area (Å²) in [6.45, 7) is 2.27. The van der Waals surface area contributed by atoms with E-state index in [1.807, 2.05) is 6.20 Å². The minimum Gasteiger partial charge on any atom is -0.366 e. The first-order chi connectivity index (χ1) is 7.77. The zero-order chi connectivity index (χ0) is 11.4. The Balaban J connectivity index is 1.96. The summed E-state index contributed by atoms with van der Waals surface area (Å²) in [5.41, 5.74) is 0. The van der Waals surface area contributed by atoms with Crippen LogP contribution in [-0.4, -0.2) is 16.0 Å². The predicted octanol–water partition coefficient (Wildman–Crippen LogP) is 3.46. The normalized spacial score (nSPS) is 19.4. The highest BCUT2D eigenvalue weighted by atomic mass is 127. The molecular formula is C12H18IN3. The molecule has 1 aliphatic carbocycles. The standard InChI is InChI=1S/C12H18IN3/c1-9(10-5-3-2-4-6-10)16-12-11(13)7-14-8-15-12/h7-10H,2-6H2,1H3,(H,14,15,16). The van der Waals surface area contributed by atoms with E-state index in [0.717, 1.165) is 15.3 Å². The Morgan fingerprint density at radius 3 is 2.81 bits per heavy atom. The van der Waals surface area contributed by atoms with Gasteiger partial charge in [0.15, 0.2) is 0 Å². The van der Waals surface area contributed by atoms with Gasteiger partial charge in [0.1, 0.15) is 12.1 Å². The number of hydrogen-bond donors (Lipinski definition) is 1. The summed E-state index contributed by atoms with van der Waals surface area (Å²) in [5.74, 6) is 1.79. The van der Waals surface area contributed by atoms with Crippen molar-refractivity contribution >= 4 is 28.4 Å². The topological polar surface area (TPSA) is 37.8 Å². The van der Waals surface area contributed by atoms with Crippen molar-refractivity contribution in [2.75, 3.05) is 5.32 Å². The SMILES string of the molecule is CC(Nc1ncncc1I)C1CCCCC1. The van der Waals surface area contributed by atoms with Crippen molar-refractivity contribution in [2.45, 2.75) is 45.1 Å². The molecule has 4 heteroatoms. The van der Waals surface area contributed by atoms with Gasteiger partial charge in [0.2, 0.25) is 0 Å². The summed E-state index contributed by atoms with van der Waals surface area (Å²) in [5, 5.41) is 3.52. The summed E-state index contributed by atoms with van der Waals surface area (Å²) >= 11 is 2.28. The third kappa shape index (κ3) is 3.06. The highest BCUT2D eigenvalue weighted by molar-refractivity contribution is 14.1. The van der Waals surface area contributed by atoms with Crippen molar-refractivity contribution in [3.05, 3.63) is 16.1 Å². The number of hydrogen-bond acceptors (Lipinski definition) is 3. The molecule has 0 bridgehead atoms. The van der Waals surface area contributed by atoms with Crippen molar-refractivity contribution in [1.29, 1.82) is 0 Å². The molecule has 1 unspecified atom stereocenters. The van der Waals surface area contributed by atoms with Gasteiger partial charge >= 0.3 is 0 Å². The van der Waals surface area contributed by atoms with Gasteiger partial charge < -0.3 is 5.32 Å². The summed E-state index contributed by atoms with van der Waals surface area (Å²) in [6, 6.07) is 0.517. The number of nitrogens with zero attached hydrogens (tertiary/aromatic N) is 2. The molecule has 16 heavy (non-hydrogen) atoms. The van der Waals surface area contributed by atoms with E-state index in [0.29, 0.717) is 6.04 Å². The predicted molar refractivity (Wildman–Crippen MR) is 74.4 cm³/mol. The average molecular weight is 331 g/mol. The number of rotatable bonds is 3. The van der Waals surface area contributed by atoms with Gasteiger partial charge in [-0.15, -0.1) is 0 Å². The maximum atomic E-state index is 4.28. The number of aromatic nitrogens is 2. The molecule has 0 radical (unpaired) electrons. The second-order valence-corrected chi connectivity index (χ2v) is 5.71. The second-order valence-electron chi connectivity index (χ2n) is 4.55. The smallest absolute Gasteiger partial charge is 0.143 e. The molecule has 1 aromatic heterocycles. The molecule has 1 aliphatic rings.